The molecule has 2 heterocycles. The molecule has 4 aromatic rings. The van der Waals surface area contributed by atoms with Gasteiger partial charge in [0, 0.05) is 25.3 Å². The third-order valence-corrected chi connectivity index (χ3v) is 8.01. The lowest BCUT2D eigenvalue weighted by Gasteiger charge is -2.28. The summed E-state index contributed by atoms with van der Waals surface area (Å²) in [4.78, 5) is 35.2. The van der Waals surface area contributed by atoms with Gasteiger partial charge in [-0.05, 0) is 54.0 Å². The molecule has 0 amide bonds. The Balaban J connectivity index is 1.83. The van der Waals surface area contributed by atoms with Crippen LogP contribution in [0.15, 0.2) is 81.7 Å². The number of nitrogens with zero attached hydrogens (tertiary/aromatic N) is 3. The molecule has 3 aromatic carbocycles. The Morgan fingerprint density at radius 3 is 2.50 bits per heavy atom. The summed E-state index contributed by atoms with van der Waals surface area (Å²) >= 11 is 1.33. The number of aromatic nitrogens is 1. The lowest BCUT2D eigenvalue weighted by atomic mass is 9.90. The Morgan fingerprint density at radius 2 is 1.82 bits per heavy atom. The van der Waals surface area contributed by atoms with Gasteiger partial charge in [0.05, 0.1) is 29.5 Å². The average Bonchev–Trinajstić information content (AvgIpc) is 3.26. The second kappa shape index (κ2) is 11.5. The SMILES string of the molecule is CCCC1=C(C(=O)OCC)[C@@H](c2c(OC)ccc3ccccc23)n2c(s/c(=C\c3ccc(N(C)C)cc3)c2=O)=N1. The molecule has 0 N–H and O–H groups in total. The molecule has 1 aromatic heterocycles. The van der Waals surface area contributed by atoms with Gasteiger partial charge in [0.25, 0.3) is 5.56 Å². The fraction of sp³-hybridized carbons (Fsp3) is 0.281. The van der Waals surface area contributed by atoms with Crippen molar-refractivity contribution in [3.8, 4) is 5.75 Å². The van der Waals surface area contributed by atoms with Crippen molar-refractivity contribution in [2.75, 3.05) is 32.7 Å². The normalized spacial score (nSPS) is 15.1. The first kappa shape index (κ1) is 27.4. The number of carbonyl (C=O) groups excluding carboxylic acids is 1. The van der Waals surface area contributed by atoms with Crippen LogP contribution in [0.2, 0.25) is 0 Å². The summed E-state index contributed by atoms with van der Waals surface area (Å²) in [6.45, 7) is 4.04. The number of ether oxygens (including phenoxy) is 2. The third kappa shape index (κ3) is 4.95. The van der Waals surface area contributed by atoms with Crippen molar-refractivity contribution in [2.24, 2.45) is 4.99 Å². The first-order valence-corrected chi connectivity index (χ1v) is 14.2. The number of fused-ring (bicyclic) bond motifs is 2. The molecule has 7 nitrogen and oxygen atoms in total. The molecule has 5 rings (SSSR count). The van der Waals surface area contributed by atoms with E-state index in [1.165, 1.54) is 11.3 Å². The second-order valence-electron chi connectivity index (χ2n) is 9.80. The van der Waals surface area contributed by atoms with Gasteiger partial charge >= 0.3 is 5.97 Å². The van der Waals surface area contributed by atoms with Crippen molar-refractivity contribution in [1.82, 2.24) is 4.57 Å². The van der Waals surface area contributed by atoms with E-state index in [1.54, 1.807) is 18.6 Å². The van der Waals surface area contributed by atoms with Crippen LogP contribution in [0.5, 0.6) is 5.75 Å². The predicted molar refractivity (Wildman–Crippen MR) is 161 cm³/mol. The minimum atomic E-state index is -0.754. The summed E-state index contributed by atoms with van der Waals surface area (Å²) in [6.07, 6.45) is 3.25. The van der Waals surface area contributed by atoms with E-state index >= 15 is 0 Å². The number of carbonyl (C=O) groups is 1. The Hall–Kier alpha value is -4.17. The zero-order valence-electron chi connectivity index (χ0n) is 23.4. The van der Waals surface area contributed by atoms with Crippen LogP contribution >= 0.6 is 11.3 Å². The lowest BCUT2D eigenvalue weighted by molar-refractivity contribution is -0.139. The van der Waals surface area contributed by atoms with Crippen molar-refractivity contribution in [3.63, 3.8) is 0 Å². The molecular formula is C32H33N3O4S. The number of benzene rings is 3. The molecule has 40 heavy (non-hydrogen) atoms. The van der Waals surface area contributed by atoms with Gasteiger partial charge in [-0.3, -0.25) is 9.36 Å². The standard InChI is InChI=1S/C32H33N3O4S/c1-6-10-24-28(31(37)39-7-2)29(27-23-12-9-8-11-21(23)15-18-25(27)38-5)35-30(36)26(40-32(35)33-24)19-20-13-16-22(17-14-20)34(3)4/h8-9,11-19,29H,6-7,10H2,1-5H3/b26-19-/t29-/m1/s1. The van der Waals surface area contributed by atoms with Crippen molar-refractivity contribution >= 4 is 39.8 Å². The first-order chi connectivity index (χ1) is 19.4. The van der Waals surface area contributed by atoms with Crippen LogP contribution in [-0.2, 0) is 9.53 Å². The molecule has 0 spiro atoms. The highest BCUT2D eigenvalue weighted by Crippen LogP contribution is 2.41. The minimum Gasteiger partial charge on any atom is -0.496 e. The van der Waals surface area contributed by atoms with Crippen molar-refractivity contribution in [1.29, 1.82) is 0 Å². The zero-order chi connectivity index (χ0) is 28.4. The first-order valence-electron chi connectivity index (χ1n) is 13.4. The maximum absolute atomic E-state index is 14.2. The highest BCUT2D eigenvalue weighted by molar-refractivity contribution is 7.07. The Labute approximate surface area is 237 Å². The van der Waals surface area contributed by atoms with Crippen LogP contribution < -0.4 is 24.5 Å². The smallest absolute Gasteiger partial charge is 0.338 e. The summed E-state index contributed by atoms with van der Waals surface area (Å²) in [7, 11) is 5.59. The van der Waals surface area contributed by atoms with Gasteiger partial charge in [0.15, 0.2) is 4.80 Å². The molecule has 206 valence electrons. The van der Waals surface area contributed by atoms with E-state index in [9.17, 15) is 9.59 Å². The van der Waals surface area contributed by atoms with E-state index in [0.717, 1.165) is 34.0 Å². The molecule has 0 aliphatic carbocycles. The number of allylic oxidation sites excluding steroid dienone is 1. The molecule has 1 atom stereocenters. The quantitative estimate of drug-likeness (QED) is 0.292. The molecule has 0 fully saturated rings. The molecule has 0 saturated heterocycles. The summed E-state index contributed by atoms with van der Waals surface area (Å²) in [5.41, 5.74) is 3.54. The monoisotopic (exact) mass is 555 g/mol. The summed E-state index contributed by atoms with van der Waals surface area (Å²) in [6, 6.07) is 19.1. The minimum absolute atomic E-state index is 0.210. The second-order valence-corrected chi connectivity index (χ2v) is 10.8. The van der Waals surface area contributed by atoms with Gasteiger partial charge in [-0.25, -0.2) is 9.79 Å². The third-order valence-electron chi connectivity index (χ3n) is 7.02. The Kier molecular flexibility index (Phi) is 7.89. The molecule has 8 heteroatoms. The van der Waals surface area contributed by atoms with Gasteiger partial charge in [-0.2, -0.15) is 0 Å². The van der Waals surface area contributed by atoms with E-state index in [0.29, 0.717) is 32.8 Å². The number of esters is 1. The number of methoxy groups -OCH3 is 1. The summed E-state index contributed by atoms with van der Waals surface area (Å²) in [5, 5.41) is 1.89. The number of thiazole rings is 1. The van der Waals surface area contributed by atoms with E-state index in [4.69, 9.17) is 14.5 Å². The van der Waals surface area contributed by atoms with Gasteiger partial charge in [0.1, 0.15) is 11.8 Å². The van der Waals surface area contributed by atoms with E-state index in [1.807, 2.05) is 92.7 Å². The highest BCUT2D eigenvalue weighted by atomic mass is 32.1. The van der Waals surface area contributed by atoms with Crippen LogP contribution in [0, 0.1) is 0 Å². The van der Waals surface area contributed by atoms with E-state index in [-0.39, 0.29) is 12.2 Å². The molecule has 0 bridgehead atoms. The van der Waals surface area contributed by atoms with Gasteiger partial charge in [0.2, 0.25) is 0 Å². The number of rotatable bonds is 8. The highest BCUT2D eigenvalue weighted by Gasteiger charge is 2.37. The molecular weight excluding hydrogens is 522 g/mol. The molecule has 0 radical (unpaired) electrons. The fourth-order valence-electron chi connectivity index (χ4n) is 5.15. The fourth-order valence-corrected chi connectivity index (χ4v) is 6.17. The van der Waals surface area contributed by atoms with Gasteiger partial charge < -0.3 is 14.4 Å². The Bertz CT molecular complexity index is 1780. The topological polar surface area (TPSA) is 73.1 Å². The molecule has 1 aliphatic rings. The zero-order valence-corrected chi connectivity index (χ0v) is 24.2. The number of hydrogen-bond donors (Lipinski definition) is 0. The maximum atomic E-state index is 14.2. The largest absolute Gasteiger partial charge is 0.496 e. The predicted octanol–water partition coefficient (Wildman–Crippen LogP) is 4.81. The Morgan fingerprint density at radius 1 is 1.07 bits per heavy atom. The van der Waals surface area contributed by atoms with Crippen molar-refractivity contribution < 1.29 is 14.3 Å². The van der Waals surface area contributed by atoms with Crippen LogP contribution in [0.1, 0.15) is 43.9 Å². The van der Waals surface area contributed by atoms with Gasteiger partial charge in [-0.1, -0.05) is 67.1 Å². The molecule has 1 aliphatic heterocycles. The molecule has 0 unspecified atom stereocenters. The summed E-state index contributed by atoms with van der Waals surface area (Å²) < 4.78 is 13.6. The van der Waals surface area contributed by atoms with E-state index in [2.05, 4.69) is 0 Å². The van der Waals surface area contributed by atoms with Crippen LogP contribution in [0.4, 0.5) is 5.69 Å². The van der Waals surface area contributed by atoms with Crippen LogP contribution in [-0.4, -0.2) is 38.3 Å². The number of hydrogen-bond acceptors (Lipinski definition) is 7. The number of anilines is 1. The van der Waals surface area contributed by atoms with Crippen molar-refractivity contribution in [2.45, 2.75) is 32.7 Å². The lowest BCUT2D eigenvalue weighted by Crippen LogP contribution is -2.40. The van der Waals surface area contributed by atoms with Gasteiger partial charge in [-0.15, -0.1) is 0 Å². The summed E-state index contributed by atoms with van der Waals surface area (Å²) in [5.74, 6) is 0.125. The maximum Gasteiger partial charge on any atom is 0.338 e. The van der Waals surface area contributed by atoms with Crippen LogP contribution in [0.3, 0.4) is 0 Å². The average molecular weight is 556 g/mol. The molecule has 0 saturated carbocycles. The van der Waals surface area contributed by atoms with E-state index < -0.39 is 12.0 Å². The van der Waals surface area contributed by atoms with Crippen molar-refractivity contribution in [3.05, 3.63) is 103 Å². The van der Waals surface area contributed by atoms with Crippen LogP contribution in [0.25, 0.3) is 16.8 Å².